The predicted molar refractivity (Wildman–Crippen MR) is 96.7 cm³/mol. The fourth-order valence-electron chi connectivity index (χ4n) is 3.59. The average molecular weight is 370 g/mol. The van der Waals surface area contributed by atoms with Gasteiger partial charge in [0.1, 0.15) is 5.82 Å². The van der Waals surface area contributed by atoms with E-state index in [1.54, 1.807) is 10.4 Å². The molecule has 2 aliphatic rings. The highest BCUT2D eigenvalue weighted by molar-refractivity contribution is 7.87. The Balaban J connectivity index is 1.48. The van der Waals surface area contributed by atoms with Crippen molar-refractivity contribution in [2.24, 2.45) is 5.92 Å². The van der Waals surface area contributed by atoms with E-state index in [-0.39, 0.29) is 11.9 Å². The molecule has 1 aromatic carbocycles. The highest BCUT2D eigenvalue weighted by Gasteiger charge is 2.30. The predicted octanol–water partition coefficient (Wildman–Crippen LogP) is 2.36. The number of piperidine rings is 2. The molecule has 7 heteroatoms. The second kappa shape index (κ2) is 8.12. The highest BCUT2D eigenvalue weighted by Crippen LogP contribution is 2.20. The molecule has 0 unspecified atom stereocenters. The molecular formula is C18H28FN3O2S. The van der Waals surface area contributed by atoms with E-state index in [1.807, 2.05) is 12.1 Å². The zero-order valence-corrected chi connectivity index (χ0v) is 15.6. The molecule has 1 aromatic rings. The minimum Gasteiger partial charge on any atom is -0.299 e. The van der Waals surface area contributed by atoms with Crippen LogP contribution < -0.4 is 4.72 Å². The molecule has 0 spiro atoms. The number of hydrogen-bond acceptors (Lipinski definition) is 3. The van der Waals surface area contributed by atoms with Crippen molar-refractivity contribution in [3.05, 3.63) is 35.6 Å². The highest BCUT2D eigenvalue weighted by atomic mass is 32.2. The van der Waals surface area contributed by atoms with Crippen LogP contribution in [0.25, 0.3) is 0 Å². The number of nitrogens with zero attached hydrogens (tertiary/aromatic N) is 2. The molecule has 0 radical (unpaired) electrons. The Labute approximate surface area is 150 Å². The Hall–Kier alpha value is -1.02. The first-order chi connectivity index (χ1) is 11.9. The number of benzene rings is 1. The molecule has 0 aromatic heterocycles. The number of nitrogens with one attached hydrogen (secondary N) is 1. The molecule has 2 fully saturated rings. The number of hydrogen-bond donors (Lipinski definition) is 1. The maximum atomic E-state index is 13.8. The first kappa shape index (κ1) is 18.8. The zero-order valence-electron chi connectivity index (χ0n) is 14.8. The Morgan fingerprint density at radius 2 is 1.72 bits per heavy atom. The molecule has 25 heavy (non-hydrogen) atoms. The molecule has 3 rings (SSSR count). The van der Waals surface area contributed by atoms with Gasteiger partial charge in [0.2, 0.25) is 0 Å². The van der Waals surface area contributed by atoms with Gasteiger partial charge in [0.05, 0.1) is 0 Å². The summed E-state index contributed by atoms with van der Waals surface area (Å²) >= 11 is 0. The average Bonchev–Trinajstić information content (AvgIpc) is 2.59. The van der Waals surface area contributed by atoms with Crippen LogP contribution in [0.5, 0.6) is 0 Å². The third-order valence-corrected chi connectivity index (χ3v) is 7.01. The summed E-state index contributed by atoms with van der Waals surface area (Å²) in [4.78, 5) is 2.19. The standard InChI is InChI=1S/C18H28FN3O2S/c1-15-6-12-22(13-7-15)25(23,24)20-17-8-10-21(11-9-17)14-16-4-2-3-5-18(16)19/h2-5,15,17,20H,6-14H2,1H3. The van der Waals surface area contributed by atoms with Crippen LogP contribution >= 0.6 is 0 Å². The van der Waals surface area contributed by atoms with E-state index in [1.165, 1.54) is 6.07 Å². The largest absolute Gasteiger partial charge is 0.299 e. The van der Waals surface area contributed by atoms with Gasteiger partial charge in [0, 0.05) is 44.3 Å². The van der Waals surface area contributed by atoms with Gasteiger partial charge in [-0.3, -0.25) is 4.90 Å². The van der Waals surface area contributed by atoms with Gasteiger partial charge in [0.15, 0.2) is 0 Å². The molecule has 0 amide bonds. The van der Waals surface area contributed by atoms with Crippen molar-refractivity contribution in [2.75, 3.05) is 26.2 Å². The lowest BCUT2D eigenvalue weighted by Gasteiger charge is -2.35. The summed E-state index contributed by atoms with van der Waals surface area (Å²) in [5, 5.41) is 0. The lowest BCUT2D eigenvalue weighted by molar-refractivity contribution is 0.195. The van der Waals surface area contributed by atoms with E-state index in [0.717, 1.165) is 38.8 Å². The molecule has 0 saturated carbocycles. The minimum absolute atomic E-state index is 0.0266. The van der Waals surface area contributed by atoms with Crippen LogP contribution in [0.1, 0.15) is 38.2 Å². The van der Waals surface area contributed by atoms with Crippen molar-refractivity contribution in [1.82, 2.24) is 13.9 Å². The maximum absolute atomic E-state index is 13.8. The molecule has 2 saturated heterocycles. The molecule has 140 valence electrons. The molecule has 0 aliphatic carbocycles. The molecule has 5 nitrogen and oxygen atoms in total. The molecule has 0 bridgehead atoms. The molecule has 2 heterocycles. The summed E-state index contributed by atoms with van der Waals surface area (Å²) in [6, 6.07) is 6.80. The summed E-state index contributed by atoms with van der Waals surface area (Å²) in [5.74, 6) is 0.428. The van der Waals surface area contributed by atoms with Crippen LogP contribution in [-0.4, -0.2) is 49.8 Å². The summed E-state index contributed by atoms with van der Waals surface area (Å²) in [6.45, 7) is 5.53. The van der Waals surface area contributed by atoms with Crippen molar-refractivity contribution in [3.8, 4) is 0 Å². The van der Waals surface area contributed by atoms with Crippen LogP contribution in [-0.2, 0) is 16.8 Å². The van der Waals surface area contributed by atoms with Gasteiger partial charge >= 0.3 is 0 Å². The third-order valence-electron chi connectivity index (χ3n) is 5.34. The van der Waals surface area contributed by atoms with Gasteiger partial charge in [0.25, 0.3) is 10.2 Å². The maximum Gasteiger partial charge on any atom is 0.279 e. The topological polar surface area (TPSA) is 52.7 Å². The van der Waals surface area contributed by atoms with Crippen molar-refractivity contribution in [1.29, 1.82) is 0 Å². The van der Waals surface area contributed by atoms with E-state index in [0.29, 0.717) is 31.1 Å². The van der Waals surface area contributed by atoms with Gasteiger partial charge in [-0.15, -0.1) is 0 Å². The zero-order chi connectivity index (χ0) is 17.9. The summed E-state index contributed by atoms with van der Waals surface area (Å²) in [7, 11) is -3.38. The molecule has 1 N–H and O–H groups in total. The lowest BCUT2D eigenvalue weighted by Crippen LogP contribution is -2.51. The van der Waals surface area contributed by atoms with Crippen LogP contribution in [0.4, 0.5) is 4.39 Å². The van der Waals surface area contributed by atoms with E-state index in [4.69, 9.17) is 0 Å². The summed E-state index contributed by atoms with van der Waals surface area (Å²) in [5.41, 5.74) is 0.698. The SMILES string of the molecule is CC1CCN(S(=O)(=O)NC2CCN(Cc3ccccc3F)CC2)CC1. The van der Waals surface area contributed by atoms with Crippen molar-refractivity contribution >= 4 is 10.2 Å². The van der Waals surface area contributed by atoms with Gasteiger partial charge in [-0.05, 0) is 37.7 Å². The summed E-state index contributed by atoms with van der Waals surface area (Å²) < 4.78 is 43.3. The van der Waals surface area contributed by atoms with Crippen molar-refractivity contribution < 1.29 is 12.8 Å². The van der Waals surface area contributed by atoms with E-state index < -0.39 is 10.2 Å². The fraction of sp³-hybridized carbons (Fsp3) is 0.667. The van der Waals surface area contributed by atoms with E-state index >= 15 is 0 Å². The van der Waals surface area contributed by atoms with E-state index in [9.17, 15) is 12.8 Å². The number of rotatable bonds is 5. The smallest absolute Gasteiger partial charge is 0.279 e. The third kappa shape index (κ3) is 5.00. The second-order valence-electron chi connectivity index (χ2n) is 7.35. The van der Waals surface area contributed by atoms with Crippen molar-refractivity contribution in [2.45, 2.75) is 45.2 Å². The van der Waals surface area contributed by atoms with Crippen LogP contribution in [0.3, 0.4) is 0 Å². The van der Waals surface area contributed by atoms with Crippen LogP contribution in [0, 0.1) is 11.7 Å². The Morgan fingerprint density at radius 1 is 1.08 bits per heavy atom. The van der Waals surface area contributed by atoms with Gasteiger partial charge in [-0.25, -0.2) is 4.39 Å². The number of halogens is 1. The van der Waals surface area contributed by atoms with E-state index in [2.05, 4.69) is 16.5 Å². The quantitative estimate of drug-likeness (QED) is 0.867. The lowest BCUT2D eigenvalue weighted by atomic mass is 10.0. The molecule has 0 atom stereocenters. The normalized spacial score (nSPS) is 22.3. The Kier molecular flexibility index (Phi) is 6.09. The Bertz CT molecular complexity index is 667. The van der Waals surface area contributed by atoms with Crippen LogP contribution in [0.2, 0.25) is 0 Å². The van der Waals surface area contributed by atoms with Crippen LogP contribution in [0.15, 0.2) is 24.3 Å². The minimum atomic E-state index is -3.38. The first-order valence-electron chi connectivity index (χ1n) is 9.17. The molecular weight excluding hydrogens is 341 g/mol. The fourth-order valence-corrected chi connectivity index (χ4v) is 5.08. The molecule has 2 aliphatic heterocycles. The van der Waals surface area contributed by atoms with Gasteiger partial charge in [-0.1, -0.05) is 25.1 Å². The van der Waals surface area contributed by atoms with Crippen molar-refractivity contribution in [3.63, 3.8) is 0 Å². The first-order valence-corrected chi connectivity index (χ1v) is 10.6. The summed E-state index contributed by atoms with van der Waals surface area (Å²) in [6.07, 6.45) is 3.39. The van der Waals surface area contributed by atoms with Gasteiger partial charge in [-0.2, -0.15) is 17.4 Å². The second-order valence-corrected chi connectivity index (χ2v) is 9.05. The van der Waals surface area contributed by atoms with Gasteiger partial charge < -0.3 is 0 Å². The monoisotopic (exact) mass is 369 g/mol. The number of likely N-dealkylation sites (tertiary alicyclic amines) is 1. The Morgan fingerprint density at radius 3 is 2.36 bits per heavy atom.